The summed E-state index contributed by atoms with van der Waals surface area (Å²) >= 11 is 0. The zero-order valence-corrected chi connectivity index (χ0v) is 17.9. The van der Waals surface area contributed by atoms with Crippen LogP contribution < -0.4 is 10.6 Å². The molecule has 1 aliphatic rings. The number of amides is 2. The second-order valence-electron chi connectivity index (χ2n) is 7.36. The molecule has 2 amide bonds. The number of aryl methyl sites for hydroxylation is 3. The van der Waals surface area contributed by atoms with Gasteiger partial charge in [0.1, 0.15) is 6.23 Å². The number of nitrogens with one attached hydrogen (secondary N) is 2. The first-order valence-corrected chi connectivity index (χ1v) is 10.8. The van der Waals surface area contributed by atoms with E-state index in [0.717, 1.165) is 5.56 Å². The van der Waals surface area contributed by atoms with Gasteiger partial charge < -0.3 is 15.4 Å². The molecule has 2 N–H and O–H groups in total. The van der Waals surface area contributed by atoms with Crippen molar-refractivity contribution in [3.8, 4) is 0 Å². The molecule has 28 heavy (non-hydrogen) atoms. The topological polar surface area (TPSA) is 105 Å². The fourth-order valence-electron chi connectivity index (χ4n) is 3.38. The van der Waals surface area contributed by atoms with Crippen molar-refractivity contribution in [2.45, 2.75) is 58.2 Å². The fourth-order valence-corrected chi connectivity index (χ4v) is 5.36. The molecule has 0 radical (unpaired) electrons. The minimum atomic E-state index is -3.82. The lowest BCUT2D eigenvalue weighted by molar-refractivity contribution is -0.140. The molecule has 8 nitrogen and oxygen atoms in total. The first-order valence-electron chi connectivity index (χ1n) is 9.34. The maximum absolute atomic E-state index is 13.3. The van der Waals surface area contributed by atoms with Crippen LogP contribution in [0.3, 0.4) is 0 Å². The highest BCUT2D eigenvalue weighted by Crippen LogP contribution is 2.28. The Morgan fingerprint density at radius 3 is 2.36 bits per heavy atom. The van der Waals surface area contributed by atoms with Crippen LogP contribution in [0.25, 0.3) is 0 Å². The third-order valence-corrected chi connectivity index (χ3v) is 6.58. The van der Waals surface area contributed by atoms with Gasteiger partial charge in [0, 0.05) is 12.6 Å². The van der Waals surface area contributed by atoms with Gasteiger partial charge in [-0.3, -0.25) is 9.59 Å². The van der Waals surface area contributed by atoms with Crippen molar-refractivity contribution in [3.05, 3.63) is 28.8 Å². The molecule has 1 aliphatic heterocycles. The molecule has 0 spiro atoms. The van der Waals surface area contributed by atoms with Crippen molar-refractivity contribution < 1.29 is 22.7 Å². The van der Waals surface area contributed by atoms with Gasteiger partial charge in [-0.2, -0.15) is 4.31 Å². The summed E-state index contributed by atoms with van der Waals surface area (Å²) in [5, 5.41) is 4.96. The number of sulfonamides is 1. The van der Waals surface area contributed by atoms with Crippen LogP contribution in [0.2, 0.25) is 0 Å². The maximum Gasteiger partial charge on any atom is 0.309 e. The number of hydrogen-bond acceptors (Lipinski definition) is 5. The summed E-state index contributed by atoms with van der Waals surface area (Å²) in [5.74, 6) is -1.58. The van der Waals surface area contributed by atoms with Crippen molar-refractivity contribution in [2.24, 2.45) is 0 Å². The van der Waals surface area contributed by atoms with E-state index in [1.165, 1.54) is 4.31 Å². The quantitative estimate of drug-likeness (QED) is 0.703. The van der Waals surface area contributed by atoms with Crippen LogP contribution in [0.15, 0.2) is 17.0 Å². The summed E-state index contributed by atoms with van der Waals surface area (Å²) in [7, 11) is -3.82. The molecule has 0 aromatic heterocycles. The van der Waals surface area contributed by atoms with Crippen molar-refractivity contribution >= 4 is 21.8 Å². The van der Waals surface area contributed by atoms with Gasteiger partial charge in [0.05, 0.1) is 18.0 Å². The Kier molecular flexibility index (Phi) is 7.19. The van der Waals surface area contributed by atoms with Gasteiger partial charge in [0.2, 0.25) is 10.0 Å². The second kappa shape index (κ2) is 9.02. The van der Waals surface area contributed by atoms with Crippen LogP contribution >= 0.6 is 0 Å². The van der Waals surface area contributed by atoms with Crippen molar-refractivity contribution in [3.63, 3.8) is 0 Å². The normalized spacial score (nSPS) is 18.1. The third-order valence-electron chi connectivity index (χ3n) is 4.39. The van der Waals surface area contributed by atoms with E-state index in [4.69, 9.17) is 4.74 Å². The van der Waals surface area contributed by atoms with E-state index in [-0.39, 0.29) is 24.0 Å². The monoisotopic (exact) mass is 411 g/mol. The van der Waals surface area contributed by atoms with Crippen LogP contribution in [-0.4, -0.2) is 56.5 Å². The lowest BCUT2D eigenvalue weighted by atomic mass is 10.1. The molecule has 0 unspecified atom stereocenters. The number of carbonyl (C=O) groups is 2. The highest BCUT2D eigenvalue weighted by atomic mass is 32.2. The molecular formula is C19H29N3O5S. The van der Waals surface area contributed by atoms with Crippen LogP contribution in [0, 0.1) is 20.8 Å². The minimum Gasteiger partial charge on any atom is -0.360 e. The van der Waals surface area contributed by atoms with Crippen molar-refractivity contribution in [1.29, 1.82) is 0 Å². The van der Waals surface area contributed by atoms with Gasteiger partial charge in [-0.15, -0.1) is 0 Å². The highest BCUT2D eigenvalue weighted by Gasteiger charge is 2.36. The molecular weight excluding hydrogens is 382 g/mol. The molecule has 9 heteroatoms. The Morgan fingerprint density at radius 1 is 1.18 bits per heavy atom. The molecule has 2 rings (SSSR count). The van der Waals surface area contributed by atoms with E-state index in [9.17, 15) is 18.0 Å². The van der Waals surface area contributed by atoms with Crippen LogP contribution in [0.1, 0.15) is 37.0 Å². The molecule has 0 aliphatic carbocycles. The third kappa shape index (κ3) is 5.09. The Labute approximate surface area is 166 Å². The average molecular weight is 412 g/mol. The summed E-state index contributed by atoms with van der Waals surface area (Å²) in [6.45, 7) is 9.51. The van der Waals surface area contributed by atoms with Crippen molar-refractivity contribution in [2.75, 3.05) is 19.7 Å². The van der Waals surface area contributed by atoms with E-state index in [0.29, 0.717) is 24.2 Å². The first kappa shape index (κ1) is 22.3. The standard InChI is InChI=1S/C19H29N3O5S/c1-12(2)21-19(24)18(23)20-11-16-22(7-6-8-27-16)28(25,26)17-14(4)9-13(3)10-15(17)5/h9-10,12,16H,6-8,11H2,1-5H3,(H,20,23)(H,21,24)/t16-/m0/s1. The smallest absolute Gasteiger partial charge is 0.309 e. The predicted octanol–water partition coefficient (Wildman–Crippen LogP) is 0.990. The largest absolute Gasteiger partial charge is 0.360 e. The lowest BCUT2D eigenvalue weighted by Crippen LogP contribution is -2.53. The van der Waals surface area contributed by atoms with Gasteiger partial charge in [-0.05, 0) is 52.2 Å². The summed E-state index contributed by atoms with van der Waals surface area (Å²) in [6, 6.07) is 3.49. The van der Waals surface area contributed by atoms with Crippen LogP contribution in [0.5, 0.6) is 0 Å². The zero-order chi connectivity index (χ0) is 21.1. The van der Waals surface area contributed by atoms with E-state index in [2.05, 4.69) is 10.6 Å². The molecule has 1 fully saturated rings. The zero-order valence-electron chi connectivity index (χ0n) is 17.0. The number of nitrogens with zero attached hydrogens (tertiary/aromatic N) is 1. The van der Waals surface area contributed by atoms with Gasteiger partial charge in [0.25, 0.3) is 0 Å². The van der Waals surface area contributed by atoms with Gasteiger partial charge in [0.15, 0.2) is 0 Å². The molecule has 0 saturated carbocycles. The van der Waals surface area contributed by atoms with Crippen LogP contribution in [-0.2, 0) is 24.3 Å². The molecule has 1 saturated heterocycles. The maximum atomic E-state index is 13.3. The number of rotatable bonds is 5. The van der Waals surface area contributed by atoms with E-state index < -0.39 is 28.1 Å². The van der Waals surface area contributed by atoms with Gasteiger partial charge in [-0.1, -0.05) is 17.7 Å². The molecule has 0 bridgehead atoms. The number of benzene rings is 1. The van der Waals surface area contributed by atoms with Crippen molar-refractivity contribution in [1.82, 2.24) is 14.9 Å². The second-order valence-corrected chi connectivity index (χ2v) is 9.19. The minimum absolute atomic E-state index is 0.104. The average Bonchev–Trinajstić information content (AvgIpc) is 2.58. The molecule has 1 aromatic carbocycles. The van der Waals surface area contributed by atoms with E-state index >= 15 is 0 Å². The summed E-state index contributed by atoms with van der Waals surface area (Å²) in [6.07, 6.45) is -0.309. The summed E-state index contributed by atoms with van der Waals surface area (Å²) < 4.78 is 33.5. The van der Waals surface area contributed by atoms with E-state index in [1.54, 1.807) is 27.7 Å². The predicted molar refractivity (Wildman–Crippen MR) is 105 cm³/mol. The number of hydrogen-bond donors (Lipinski definition) is 2. The Morgan fingerprint density at radius 2 is 1.79 bits per heavy atom. The molecule has 156 valence electrons. The number of carbonyl (C=O) groups excluding carboxylic acids is 2. The molecule has 1 aromatic rings. The van der Waals surface area contributed by atoms with Gasteiger partial charge in [-0.25, -0.2) is 8.42 Å². The Balaban J connectivity index is 2.21. The fraction of sp³-hybridized carbons (Fsp3) is 0.579. The lowest BCUT2D eigenvalue weighted by Gasteiger charge is -2.35. The van der Waals surface area contributed by atoms with Gasteiger partial charge >= 0.3 is 11.8 Å². The highest BCUT2D eigenvalue weighted by molar-refractivity contribution is 7.89. The number of ether oxygens (including phenoxy) is 1. The summed E-state index contributed by atoms with van der Waals surface area (Å²) in [5.41, 5.74) is 2.33. The first-order chi connectivity index (χ1) is 13.0. The Bertz CT molecular complexity index is 828. The molecule has 1 atom stereocenters. The van der Waals surface area contributed by atoms with E-state index in [1.807, 2.05) is 19.1 Å². The Hall–Kier alpha value is -1.97. The summed E-state index contributed by atoms with van der Waals surface area (Å²) in [4.78, 5) is 24.0. The molecule has 1 heterocycles. The SMILES string of the molecule is Cc1cc(C)c(S(=O)(=O)N2CCCO[C@H]2CNC(=O)C(=O)NC(C)C)c(C)c1. The van der Waals surface area contributed by atoms with Crippen LogP contribution in [0.4, 0.5) is 0 Å².